The molecule has 0 aliphatic heterocycles. The Morgan fingerprint density at radius 1 is 1.04 bits per heavy atom. The first-order valence-electron chi connectivity index (χ1n) is 7.68. The van der Waals surface area contributed by atoms with Crippen LogP contribution in [-0.2, 0) is 20.9 Å². The van der Waals surface area contributed by atoms with Gasteiger partial charge >= 0.3 is 6.09 Å². The molecule has 1 aromatic rings. The molecule has 7 nitrogen and oxygen atoms in total. The summed E-state index contributed by atoms with van der Waals surface area (Å²) in [5.41, 5.74) is 0.536. The number of carbonyl (C=O) groups is 3. The molecule has 0 spiro atoms. The molecule has 24 heavy (non-hydrogen) atoms. The van der Waals surface area contributed by atoms with Gasteiger partial charge in [0.1, 0.15) is 13.2 Å². The highest BCUT2D eigenvalue weighted by Gasteiger charge is 2.22. The summed E-state index contributed by atoms with van der Waals surface area (Å²) in [7, 11) is 1.67. The predicted octanol–water partition coefficient (Wildman–Crippen LogP) is 1.29. The molecule has 7 heteroatoms. The fraction of sp³-hybridized carbons (Fsp3) is 0.471. The molecule has 132 valence electrons. The van der Waals surface area contributed by atoms with Crippen molar-refractivity contribution in [1.29, 1.82) is 0 Å². The zero-order chi connectivity index (χ0) is 18.2. The molecular weight excluding hydrogens is 310 g/mol. The Balaban J connectivity index is 2.23. The van der Waals surface area contributed by atoms with Gasteiger partial charge in [-0.05, 0) is 26.3 Å². The van der Waals surface area contributed by atoms with Crippen LogP contribution in [0.15, 0.2) is 30.3 Å². The van der Waals surface area contributed by atoms with Crippen LogP contribution < -0.4 is 10.6 Å². The van der Waals surface area contributed by atoms with E-state index in [0.717, 1.165) is 5.56 Å². The van der Waals surface area contributed by atoms with E-state index < -0.39 is 12.0 Å². The molecule has 0 bridgehead atoms. The standard InChI is InChI=1S/C17H25N3O4/c1-17(2,3)20(4)15(22)11-18-14(21)10-19-16(23)24-12-13-8-6-5-7-9-13/h5-9H,10-12H2,1-4H3,(H,18,21)(H,19,23). The minimum atomic E-state index is -0.688. The van der Waals surface area contributed by atoms with Crippen molar-refractivity contribution in [3.8, 4) is 0 Å². The van der Waals surface area contributed by atoms with Crippen molar-refractivity contribution in [3.05, 3.63) is 35.9 Å². The lowest BCUT2D eigenvalue weighted by atomic mass is 10.1. The summed E-state index contributed by atoms with van der Waals surface area (Å²) >= 11 is 0. The second-order valence-electron chi connectivity index (χ2n) is 6.32. The lowest BCUT2D eigenvalue weighted by Crippen LogP contribution is -2.48. The van der Waals surface area contributed by atoms with Crippen molar-refractivity contribution < 1.29 is 19.1 Å². The van der Waals surface area contributed by atoms with Crippen LogP contribution in [0.2, 0.25) is 0 Å². The Labute approximate surface area is 142 Å². The van der Waals surface area contributed by atoms with Gasteiger partial charge in [-0.25, -0.2) is 4.79 Å². The van der Waals surface area contributed by atoms with E-state index >= 15 is 0 Å². The first-order chi connectivity index (χ1) is 11.2. The molecule has 0 saturated carbocycles. The van der Waals surface area contributed by atoms with Gasteiger partial charge in [0.15, 0.2) is 0 Å². The summed E-state index contributed by atoms with van der Waals surface area (Å²) in [6.07, 6.45) is -0.688. The van der Waals surface area contributed by atoms with E-state index in [1.54, 1.807) is 11.9 Å². The highest BCUT2D eigenvalue weighted by molar-refractivity contribution is 5.87. The zero-order valence-electron chi connectivity index (χ0n) is 14.6. The number of amides is 3. The van der Waals surface area contributed by atoms with Crippen LogP contribution in [0.1, 0.15) is 26.3 Å². The molecule has 0 fully saturated rings. The maximum atomic E-state index is 11.9. The molecule has 1 aromatic carbocycles. The number of nitrogens with one attached hydrogen (secondary N) is 2. The van der Waals surface area contributed by atoms with E-state index in [9.17, 15) is 14.4 Å². The van der Waals surface area contributed by atoms with Gasteiger partial charge in [0.05, 0.1) is 6.54 Å². The second-order valence-corrected chi connectivity index (χ2v) is 6.32. The van der Waals surface area contributed by atoms with Crippen molar-refractivity contribution in [2.75, 3.05) is 20.1 Å². The van der Waals surface area contributed by atoms with Crippen molar-refractivity contribution >= 4 is 17.9 Å². The Morgan fingerprint density at radius 2 is 1.67 bits per heavy atom. The predicted molar refractivity (Wildman–Crippen MR) is 90.2 cm³/mol. The monoisotopic (exact) mass is 335 g/mol. The third-order valence-electron chi connectivity index (χ3n) is 3.42. The number of alkyl carbamates (subject to hydrolysis) is 1. The van der Waals surface area contributed by atoms with Gasteiger partial charge < -0.3 is 20.3 Å². The molecule has 0 atom stereocenters. The van der Waals surface area contributed by atoms with Crippen LogP contribution >= 0.6 is 0 Å². The third kappa shape index (κ3) is 7.13. The Bertz CT molecular complexity index is 567. The van der Waals surface area contributed by atoms with Gasteiger partial charge in [-0.3, -0.25) is 9.59 Å². The van der Waals surface area contributed by atoms with Gasteiger partial charge in [0, 0.05) is 12.6 Å². The van der Waals surface area contributed by atoms with E-state index in [2.05, 4.69) is 10.6 Å². The highest BCUT2D eigenvalue weighted by Crippen LogP contribution is 2.09. The van der Waals surface area contributed by atoms with E-state index in [1.165, 1.54) is 0 Å². The summed E-state index contributed by atoms with van der Waals surface area (Å²) in [5.74, 6) is -0.662. The maximum Gasteiger partial charge on any atom is 0.407 e. The SMILES string of the molecule is CN(C(=O)CNC(=O)CNC(=O)OCc1ccccc1)C(C)(C)C. The highest BCUT2D eigenvalue weighted by atomic mass is 16.5. The fourth-order valence-corrected chi connectivity index (χ4v) is 1.66. The van der Waals surface area contributed by atoms with Crippen LogP contribution in [0.3, 0.4) is 0 Å². The number of carbonyl (C=O) groups excluding carboxylic acids is 3. The molecular formula is C17H25N3O4. The Kier molecular flexibility index (Phi) is 7.23. The molecule has 0 aromatic heterocycles. The Hall–Kier alpha value is -2.57. The first-order valence-corrected chi connectivity index (χ1v) is 7.68. The van der Waals surface area contributed by atoms with E-state index in [0.29, 0.717) is 0 Å². The van der Waals surface area contributed by atoms with E-state index in [1.807, 2.05) is 51.1 Å². The topological polar surface area (TPSA) is 87.7 Å². The van der Waals surface area contributed by atoms with Crippen LogP contribution in [-0.4, -0.2) is 48.5 Å². The number of ether oxygens (including phenoxy) is 1. The number of hydrogen-bond acceptors (Lipinski definition) is 4. The molecule has 1 rings (SSSR count). The zero-order valence-corrected chi connectivity index (χ0v) is 14.6. The van der Waals surface area contributed by atoms with Crippen LogP contribution in [0.4, 0.5) is 4.79 Å². The van der Waals surface area contributed by atoms with E-state index in [4.69, 9.17) is 4.74 Å². The van der Waals surface area contributed by atoms with Crippen LogP contribution in [0, 0.1) is 0 Å². The molecule has 0 heterocycles. The lowest BCUT2D eigenvalue weighted by molar-refractivity contribution is -0.135. The number of rotatable bonds is 6. The van der Waals surface area contributed by atoms with Gasteiger partial charge in [0.2, 0.25) is 11.8 Å². The molecule has 2 N–H and O–H groups in total. The Morgan fingerprint density at radius 3 is 2.25 bits per heavy atom. The average molecular weight is 335 g/mol. The number of hydrogen-bond donors (Lipinski definition) is 2. The van der Waals surface area contributed by atoms with Crippen LogP contribution in [0.25, 0.3) is 0 Å². The summed E-state index contributed by atoms with van der Waals surface area (Å²) in [6, 6.07) is 9.21. The summed E-state index contributed by atoms with van der Waals surface area (Å²) in [6.45, 7) is 5.46. The quantitative estimate of drug-likeness (QED) is 0.820. The first kappa shape index (κ1) is 19.5. The number of nitrogens with zero attached hydrogens (tertiary/aromatic N) is 1. The van der Waals surface area contributed by atoms with E-state index in [-0.39, 0.29) is 31.1 Å². The van der Waals surface area contributed by atoms with Crippen molar-refractivity contribution in [2.45, 2.75) is 32.9 Å². The molecule has 0 aliphatic rings. The largest absolute Gasteiger partial charge is 0.445 e. The summed E-state index contributed by atoms with van der Waals surface area (Å²) in [5, 5.41) is 4.80. The summed E-state index contributed by atoms with van der Waals surface area (Å²) in [4.78, 5) is 36.6. The number of benzene rings is 1. The van der Waals surface area contributed by atoms with Crippen molar-refractivity contribution in [3.63, 3.8) is 0 Å². The van der Waals surface area contributed by atoms with Gasteiger partial charge in [-0.15, -0.1) is 0 Å². The molecule has 0 unspecified atom stereocenters. The third-order valence-corrected chi connectivity index (χ3v) is 3.42. The lowest BCUT2D eigenvalue weighted by Gasteiger charge is -2.32. The average Bonchev–Trinajstić information content (AvgIpc) is 2.55. The van der Waals surface area contributed by atoms with Crippen molar-refractivity contribution in [1.82, 2.24) is 15.5 Å². The van der Waals surface area contributed by atoms with Gasteiger partial charge in [-0.1, -0.05) is 30.3 Å². The molecule has 3 amide bonds. The maximum absolute atomic E-state index is 11.9. The van der Waals surface area contributed by atoms with Crippen molar-refractivity contribution in [2.24, 2.45) is 0 Å². The van der Waals surface area contributed by atoms with Gasteiger partial charge in [0.25, 0.3) is 0 Å². The normalized spacial score (nSPS) is 10.7. The molecule has 0 aliphatic carbocycles. The number of likely N-dealkylation sites (N-methyl/N-ethyl adjacent to an activating group) is 1. The van der Waals surface area contributed by atoms with Crippen LogP contribution in [0.5, 0.6) is 0 Å². The van der Waals surface area contributed by atoms with Gasteiger partial charge in [-0.2, -0.15) is 0 Å². The summed E-state index contributed by atoms with van der Waals surface area (Å²) < 4.78 is 4.98. The minimum absolute atomic E-state index is 0.118. The molecule has 0 saturated heterocycles. The minimum Gasteiger partial charge on any atom is -0.445 e. The smallest absolute Gasteiger partial charge is 0.407 e. The molecule has 0 radical (unpaired) electrons. The fourth-order valence-electron chi connectivity index (χ4n) is 1.66. The second kappa shape index (κ2) is 8.90.